The Kier molecular flexibility index (Phi) is 7.53. The topological polar surface area (TPSA) is 114 Å². The van der Waals surface area contributed by atoms with Crippen LogP contribution in [0, 0.1) is 11.8 Å². The number of hydrogen-bond donors (Lipinski definition) is 1. The Balaban J connectivity index is 1.38. The molecule has 3 aliphatic rings. The van der Waals surface area contributed by atoms with Crippen molar-refractivity contribution in [1.29, 1.82) is 0 Å². The predicted molar refractivity (Wildman–Crippen MR) is 153 cm³/mol. The molecular weight excluding hydrogens is 534 g/mol. The first-order valence-corrected chi connectivity index (χ1v) is 14.6. The van der Waals surface area contributed by atoms with Crippen molar-refractivity contribution in [3.8, 4) is 5.75 Å². The smallest absolute Gasteiger partial charge is 0.261 e. The fourth-order valence-corrected chi connectivity index (χ4v) is 6.74. The highest BCUT2D eigenvalue weighted by Gasteiger charge is 2.45. The number of carbonyl (C=O) groups is 4. The summed E-state index contributed by atoms with van der Waals surface area (Å²) in [7, 11) is 3.44. The summed E-state index contributed by atoms with van der Waals surface area (Å²) in [5.41, 5.74) is 3.43. The van der Waals surface area contributed by atoms with E-state index in [9.17, 15) is 19.2 Å². The summed E-state index contributed by atoms with van der Waals surface area (Å²) >= 11 is 0. The fourth-order valence-electron chi connectivity index (χ4n) is 6.74. The van der Waals surface area contributed by atoms with E-state index in [1.165, 1.54) is 4.90 Å². The molecule has 4 amide bonds. The van der Waals surface area contributed by atoms with Crippen LogP contribution in [0.2, 0.25) is 0 Å². The molecule has 0 saturated heterocycles. The van der Waals surface area contributed by atoms with Crippen molar-refractivity contribution in [2.75, 3.05) is 20.1 Å². The highest BCUT2D eigenvalue weighted by molar-refractivity contribution is 6.21. The van der Waals surface area contributed by atoms with Crippen LogP contribution < -0.4 is 10.1 Å². The number of nitrogens with one attached hydrogen (secondary N) is 1. The number of imide groups is 1. The van der Waals surface area contributed by atoms with Crippen LogP contribution in [0.5, 0.6) is 5.75 Å². The zero-order valence-corrected chi connectivity index (χ0v) is 23.9. The van der Waals surface area contributed by atoms with E-state index in [4.69, 9.17) is 4.74 Å². The Hall–Kier alpha value is -4.47. The average molecular weight is 570 g/mol. The van der Waals surface area contributed by atoms with Crippen molar-refractivity contribution >= 4 is 23.6 Å². The Labute approximate surface area is 244 Å². The molecule has 6 rings (SSSR count). The first-order valence-electron chi connectivity index (χ1n) is 14.6. The lowest BCUT2D eigenvalue weighted by Gasteiger charge is -2.42. The lowest BCUT2D eigenvalue weighted by atomic mass is 9.77. The van der Waals surface area contributed by atoms with E-state index in [2.05, 4.69) is 10.4 Å². The van der Waals surface area contributed by atoms with Crippen LogP contribution in [0.1, 0.15) is 69.1 Å². The van der Waals surface area contributed by atoms with Crippen molar-refractivity contribution in [1.82, 2.24) is 24.9 Å². The number of hydrogen-bond acceptors (Lipinski definition) is 6. The summed E-state index contributed by atoms with van der Waals surface area (Å²) in [6.45, 7) is 0.692. The molecule has 0 radical (unpaired) electrons. The lowest BCUT2D eigenvalue weighted by Crippen LogP contribution is -2.51. The van der Waals surface area contributed by atoms with Crippen LogP contribution in [0.3, 0.4) is 0 Å². The maximum absolute atomic E-state index is 14.4. The van der Waals surface area contributed by atoms with Gasteiger partial charge in [-0.3, -0.25) is 28.8 Å². The number of aromatic nitrogens is 2. The van der Waals surface area contributed by atoms with Crippen LogP contribution in [0.25, 0.3) is 0 Å². The number of amides is 4. The molecule has 1 N–H and O–H groups in total. The number of ether oxygens (including phenoxy) is 1. The third kappa shape index (κ3) is 4.95. The van der Waals surface area contributed by atoms with Gasteiger partial charge in [-0.25, -0.2) is 0 Å². The number of nitrogens with zero attached hydrogens (tertiary/aromatic N) is 4. The molecule has 3 atom stereocenters. The molecule has 10 nitrogen and oxygen atoms in total. The monoisotopic (exact) mass is 569 g/mol. The van der Waals surface area contributed by atoms with Crippen LogP contribution in [0.15, 0.2) is 54.9 Å². The minimum absolute atomic E-state index is 0.00425. The standard InChI is InChI=1S/C32H35N5O5/c1-33-29(38)22-9-3-4-10-23(22)30(39)36-15-14-21-8-7-13-27(42-19-20-16-34-35(2)17-20)28(21)26(36)18-37-31(40)24-11-5-6-12-25(24)32(37)41/h5-8,11-13,16-17,22-23,26H,3-4,9-10,14-15,18-19H2,1-2H3,(H,33,38)/t22-,23+,26+/m0/s1. The summed E-state index contributed by atoms with van der Waals surface area (Å²) in [6.07, 6.45) is 7.27. The highest BCUT2D eigenvalue weighted by Crippen LogP contribution is 2.41. The molecule has 1 saturated carbocycles. The molecule has 1 fully saturated rings. The highest BCUT2D eigenvalue weighted by atomic mass is 16.5. The number of benzene rings is 2. The molecule has 1 aromatic heterocycles. The molecule has 3 heterocycles. The van der Waals surface area contributed by atoms with Gasteiger partial charge in [0.1, 0.15) is 12.4 Å². The van der Waals surface area contributed by atoms with Gasteiger partial charge in [0.05, 0.1) is 29.9 Å². The van der Waals surface area contributed by atoms with Crippen molar-refractivity contribution in [2.24, 2.45) is 18.9 Å². The molecule has 3 aromatic rings. The Morgan fingerprint density at radius 2 is 1.71 bits per heavy atom. The van der Waals surface area contributed by atoms with Crippen LogP contribution in [-0.2, 0) is 29.7 Å². The maximum atomic E-state index is 14.4. The van der Waals surface area contributed by atoms with E-state index in [0.29, 0.717) is 42.7 Å². The molecule has 2 aliphatic heterocycles. The Morgan fingerprint density at radius 1 is 1.00 bits per heavy atom. The van der Waals surface area contributed by atoms with Gasteiger partial charge in [-0.05, 0) is 43.0 Å². The van der Waals surface area contributed by atoms with Gasteiger partial charge >= 0.3 is 0 Å². The minimum atomic E-state index is -0.624. The van der Waals surface area contributed by atoms with Crippen molar-refractivity contribution in [3.05, 3.63) is 82.7 Å². The molecule has 42 heavy (non-hydrogen) atoms. The first-order chi connectivity index (χ1) is 20.4. The van der Waals surface area contributed by atoms with Gasteiger partial charge in [0.15, 0.2) is 0 Å². The number of fused-ring (bicyclic) bond motifs is 2. The van der Waals surface area contributed by atoms with E-state index in [-0.39, 0.29) is 36.8 Å². The Morgan fingerprint density at radius 3 is 2.38 bits per heavy atom. The molecule has 218 valence electrons. The van der Waals surface area contributed by atoms with Gasteiger partial charge in [-0.1, -0.05) is 37.1 Å². The van der Waals surface area contributed by atoms with Gasteiger partial charge in [0.25, 0.3) is 11.8 Å². The van der Waals surface area contributed by atoms with Crippen LogP contribution in [0.4, 0.5) is 0 Å². The molecule has 10 heteroatoms. The van der Waals surface area contributed by atoms with Crippen molar-refractivity contribution in [3.63, 3.8) is 0 Å². The van der Waals surface area contributed by atoms with E-state index >= 15 is 0 Å². The van der Waals surface area contributed by atoms with E-state index in [1.807, 2.05) is 31.4 Å². The van der Waals surface area contributed by atoms with Crippen LogP contribution >= 0.6 is 0 Å². The summed E-state index contributed by atoms with van der Waals surface area (Å²) < 4.78 is 8.03. The van der Waals surface area contributed by atoms with Gasteiger partial charge < -0.3 is 15.0 Å². The van der Waals surface area contributed by atoms with Gasteiger partial charge in [-0.2, -0.15) is 5.10 Å². The first kappa shape index (κ1) is 27.7. The third-order valence-electron chi connectivity index (χ3n) is 8.82. The largest absolute Gasteiger partial charge is 0.488 e. The van der Waals surface area contributed by atoms with Crippen LogP contribution in [-0.4, -0.2) is 63.3 Å². The van der Waals surface area contributed by atoms with Crippen molar-refractivity contribution in [2.45, 2.75) is 44.8 Å². The molecule has 0 spiro atoms. The molecule has 0 bridgehead atoms. The third-order valence-corrected chi connectivity index (χ3v) is 8.82. The molecule has 0 unspecified atom stereocenters. The molecular formula is C32H35N5O5. The fraction of sp³-hybridized carbons (Fsp3) is 0.406. The summed E-state index contributed by atoms with van der Waals surface area (Å²) in [5.74, 6) is -1.25. The zero-order valence-electron chi connectivity index (χ0n) is 23.9. The maximum Gasteiger partial charge on any atom is 0.261 e. The van der Waals surface area contributed by atoms with Crippen molar-refractivity contribution < 1.29 is 23.9 Å². The minimum Gasteiger partial charge on any atom is -0.488 e. The molecule has 2 aromatic carbocycles. The second-order valence-electron chi connectivity index (χ2n) is 11.3. The SMILES string of the molecule is CNC(=O)[C@H]1CCCC[C@H]1C(=O)N1CCc2cccc(OCc3cnn(C)c3)c2[C@H]1CN1C(=O)c2ccccc2C1=O. The summed E-state index contributed by atoms with van der Waals surface area (Å²) in [6, 6.07) is 12.0. The zero-order chi connectivity index (χ0) is 29.4. The second-order valence-corrected chi connectivity index (χ2v) is 11.3. The van der Waals surface area contributed by atoms with Gasteiger partial charge in [-0.15, -0.1) is 0 Å². The normalized spacial score (nSPS) is 21.6. The molecule has 1 aliphatic carbocycles. The summed E-state index contributed by atoms with van der Waals surface area (Å²) in [5, 5.41) is 6.96. The second kappa shape index (κ2) is 11.4. The number of carbonyl (C=O) groups excluding carboxylic acids is 4. The Bertz CT molecular complexity index is 1510. The number of rotatable bonds is 7. The average Bonchev–Trinajstić information content (AvgIpc) is 3.55. The van der Waals surface area contributed by atoms with Gasteiger partial charge in [0.2, 0.25) is 11.8 Å². The number of aryl methyl sites for hydroxylation is 1. The quantitative estimate of drug-likeness (QED) is 0.437. The van der Waals surface area contributed by atoms with E-state index < -0.39 is 17.9 Å². The predicted octanol–water partition coefficient (Wildman–Crippen LogP) is 3.27. The van der Waals surface area contributed by atoms with E-state index in [1.54, 1.807) is 47.1 Å². The summed E-state index contributed by atoms with van der Waals surface area (Å²) in [4.78, 5) is 57.1. The van der Waals surface area contributed by atoms with Gasteiger partial charge in [0, 0.05) is 49.8 Å². The van der Waals surface area contributed by atoms with E-state index in [0.717, 1.165) is 29.5 Å². The lowest BCUT2D eigenvalue weighted by molar-refractivity contribution is -0.146.